The van der Waals surface area contributed by atoms with Crippen LogP contribution in [0.3, 0.4) is 0 Å². The van der Waals surface area contributed by atoms with Crippen LogP contribution in [0.15, 0.2) is 6.07 Å². The number of nitrogen functional groups attached to an aromatic ring is 1. The van der Waals surface area contributed by atoms with Gasteiger partial charge in [-0.15, -0.1) is 0 Å². The molecule has 0 aromatic carbocycles. The molecule has 1 saturated carbocycles. The molecule has 2 N–H and O–H groups in total. The Bertz CT molecular complexity index is 478. The van der Waals surface area contributed by atoms with Gasteiger partial charge in [0.15, 0.2) is 0 Å². The third kappa shape index (κ3) is 3.74. The summed E-state index contributed by atoms with van der Waals surface area (Å²) in [6, 6.07) is 1.23. The van der Waals surface area contributed by atoms with Gasteiger partial charge in [-0.3, -0.25) is 0 Å². The van der Waals surface area contributed by atoms with Gasteiger partial charge in [0.2, 0.25) is 11.7 Å². The van der Waals surface area contributed by atoms with Crippen LogP contribution >= 0.6 is 0 Å². The second-order valence-electron chi connectivity index (χ2n) is 5.93. The monoisotopic (exact) mass is 289 g/mol. The smallest absolute Gasteiger partial charge is 0.451 e. The highest BCUT2D eigenvalue weighted by atomic mass is 19.4. The maximum Gasteiger partial charge on any atom is 0.451 e. The van der Waals surface area contributed by atoms with Crippen molar-refractivity contribution in [3.05, 3.63) is 11.9 Å². The molecule has 0 unspecified atom stereocenters. The molecule has 4 nitrogen and oxygen atoms in total. The van der Waals surface area contributed by atoms with Crippen LogP contribution in [0.1, 0.15) is 45.4 Å². The number of halogens is 3. The van der Waals surface area contributed by atoms with Crippen molar-refractivity contribution in [2.24, 2.45) is 5.41 Å². The molecule has 7 heteroatoms. The Hall–Kier alpha value is -1.53. The molecule has 112 valence electrons. The summed E-state index contributed by atoms with van der Waals surface area (Å²) in [6.45, 7) is 4.35. The highest BCUT2D eigenvalue weighted by molar-refractivity contribution is 5.33. The van der Waals surface area contributed by atoms with E-state index in [1.807, 2.05) is 0 Å². The van der Waals surface area contributed by atoms with Gasteiger partial charge in [0, 0.05) is 6.07 Å². The Morgan fingerprint density at radius 1 is 1.25 bits per heavy atom. The molecule has 0 atom stereocenters. The number of ether oxygens (including phenoxy) is 1. The SMILES string of the molecule is CC1(C)CCC(Oc2cc(N)nc(C(F)(F)F)n2)CC1. The van der Waals surface area contributed by atoms with Crippen molar-refractivity contribution >= 4 is 5.82 Å². The Labute approximate surface area is 115 Å². The lowest BCUT2D eigenvalue weighted by Gasteiger charge is -2.34. The highest BCUT2D eigenvalue weighted by Gasteiger charge is 2.36. The Morgan fingerprint density at radius 2 is 1.85 bits per heavy atom. The van der Waals surface area contributed by atoms with Crippen LogP contribution in [-0.2, 0) is 6.18 Å². The van der Waals surface area contributed by atoms with Crippen molar-refractivity contribution in [2.45, 2.75) is 51.8 Å². The topological polar surface area (TPSA) is 61.0 Å². The van der Waals surface area contributed by atoms with E-state index in [-0.39, 0.29) is 23.2 Å². The number of aromatic nitrogens is 2. The van der Waals surface area contributed by atoms with Gasteiger partial charge in [-0.25, -0.2) is 4.98 Å². The molecule has 1 fully saturated rings. The van der Waals surface area contributed by atoms with Crippen LogP contribution in [0.4, 0.5) is 19.0 Å². The second-order valence-corrected chi connectivity index (χ2v) is 5.93. The summed E-state index contributed by atoms with van der Waals surface area (Å²) in [7, 11) is 0. The number of hydrogen-bond donors (Lipinski definition) is 1. The van der Waals surface area contributed by atoms with Crippen molar-refractivity contribution < 1.29 is 17.9 Å². The number of alkyl halides is 3. The van der Waals surface area contributed by atoms with Gasteiger partial charge in [-0.1, -0.05) is 13.8 Å². The molecule has 0 spiro atoms. The maximum atomic E-state index is 12.6. The number of rotatable bonds is 2. The standard InChI is InChI=1S/C13H18F3N3O/c1-12(2)5-3-8(4-6-12)20-10-7-9(17)18-11(19-10)13(14,15)16/h7-8H,3-6H2,1-2H3,(H2,17,18,19). The van der Waals surface area contributed by atoms with E-state index in [9.17, 15) is 13.2 Å². The molecule has 1 heterocycles. The first-order valence-corrected chi connectivity index (χ1v) is 6.54. The van der Waals surface area contributed by atoms with Gasteiger partial charge >= 0.3 is 6.18 Å². The van der Waals surface area contributed by atoms with Gasteiger partial charge < -0.3 is 10.5 Å². The van der Waals surface area contributed by atoms with E-state index < -0.39 is 12.0 Å². The average Bonchev–Trinajstić information content (AvgIpc) is 2.30. The van der Waals surface area contributed by atoms with Crippen LogP contribution < -0.4 is 10.5 Å². The summed E-state index contributed by atoms with van der Waals surface area (Å²) in [5, 5.41) is 0. The lowest BCUT2D eigenvalue weighted by molar-refractivity contribution is -0.145. The van der Waals surface area contributed by atoms with Gasteiger partial charge in [0.05, 0.1) is 0 Å². The minimum atomic E-state index is -4.62. The highest BCUT2D eigenvalue weighted by Crippen LogP contribution is 2.36. The first-order chi connectivity index (χ1) is 9.16. The summed E-state index contributed by atoms with van der Waals surface area (Å²) in [5.74, 6) is -1.60. The molecule has 0 saturated heterocycles. The molecular formula is C13H18F3N3O. The van der Waals surface area contributed by atoms with E-state index >= 15 is 0 Å². The molecule has 0 bridgehead atoms. The van der Waals surface area contributed by atoms with E-state index in [1.165, 1.54) is 6.07 Å². The third-order valence-electron chi connectivity index (χ3n) is 3.55. The van der Waals surface area contributed by atoms with Crippen molar-refractivity contribution in [3.8, 4) is 5.88 Å². The largest absolute Gasteiger partial charge is 0.474 e. The van der Waals surface area contributed by atoms with Crippen molar-refractivity contribution in [3.63, 3.8) is 0 Å². The van der Waals surface area contributed by atoms with Crippen molar-refractivity contribution in [2.75, 3.05) is 5.73 Å². The lowest BCUT2D eigenvalue weighted by Crippen LogP contribution is -2.29. The van der Waals surface area contributed by atoms with Crippen LogP contribution in [0.5, 0.6) is 5.88 Å². The maximum absolute atomic E-state index is 12.6. The first kappa shape index (κ1) is 14.9. The predicted molar refractivity (Wildman–Crippen MR) is 68.1 cm³/mol. The quantitative estimate of drug-likeness (QED) is 0.906. The zero-order valence-corrected chi connectivity index (χ0v) is 11.5. The van der Waals surface area contributed by atoms with Crippen molar-refractivity contribution in [1.82, 2.24) is 9.97 Å². The van der Waals surface area contributed by atoms with Crippen LogP contribution in [0.2, 0.25) is 0 Å². The molecule has 1 aromatic rings. The fourth-order valence-corrected chi connectivity index (χ4v) is 2.29. The number of hydrogen-bond acceptors (Lipinski definition) is 4. The average molecular weight is 289 g/mol. The van der Waals surface area contributed by atoms with Crippen LogP contribution in [-0.4, -0.2) is 16.1 Å². The fourth-order valence-electron chi connectivity index (χ4n) is 2.29. The summed E-state index contributed by atoms with van der Waals surface area (Å²) >= 11 is 0. The fraction of sp³-hybridized carbons (Fsp3) is 0.692. The van der Waals surface area contributed by atoms with E-state index in [2.05, 4.69) is 23.8 Å². The van der Waals surface area contributed by atoms with Gasteiger partial charge in [-0.2, -0.15) is 18.2 Å². The number of nitrogens with zero attached hydrogens (tertiary/aromatic N) is 2. The number of nitrogens with two attached hydrogens (primary N) is 1. The van der Waals surface area contributed by atoms with Gasteiger partial charge in [0.1, 0.15) is 11.9 Å². The molecule has 2 rings (SSSR count). The Morgan fingerprint density at radius 3 is 2.40 bits per heavy atom. The summed E-state index contributed by atoms with van der Waals surface area (Å²) in [4.78, 5) is 6.58. The zero-order valence-electron chi connectivity index (χ0n) is 11.5. The van der Waals surface area contributed by atoms with E-state index in [1.54, 1.807) is 0 Å². The minimum absolute atomic E-state index is 0.102. The Balaban J connectivity index is 2.09. The molecular weight excluding hydrogens is 271 g/mol. The molecule has 20 heavy (non-hydrogen) atoms. The summed E-state index contributed by atoms with van der Waals surface area (Å²) in [6.07, 6.45) is -1.17. The third-order valence-corrected chi connectivity index (χ3v) is 3.55. The molecule has 0 aliphatic heterocycles. The predicted octanol–water partition coefficient (Wildman–Crippen LogP) is 3.43. The van der Waals surface area contributed by atoms with Crippen LogP contribution in [0, 0.1) is 5.41 Å². The molecule has 0 radical (unpaired) electrons. The lowest BCUT2D eigenvalue weighted by atomic mass is 9.76. The van der Waals surface area contributed by atoms with E-state index in [0.717, 1.165) is 25.7 Å². The summed E-state index contributed by atoms with van der Waals surface area (Å²) < 4.78 is 43.3. The first-order valence-electron chi connectivity index (χ1n) is 6.54. The Kier molecular flexibility index (Phi) is 3.80. The van der Waals surface area contributed by atoms with Gasteiger partial charge in [0.25, 0.3) is 0 Å². The normalized spacial score (nSPS) is 19.9. The van der Waals surface area contributed by atoms with Crippen LogP contribution in [0.25, 0.3) is 0 Å². The molecule has 1 aliphatic carbocycles. The second kappa shape index (κ2) is 5.10. The minimum Gasteiger partial charge on any atom is -0.474 e. The molecule has 1 aromatic heterocycles. The van der Waals surface area contributed by atoms with Crippen molar-refractivity contribution in [1.29, 1.82) is 0 Å². The number of anilines is 1. The summed E-state index contributed by atoms with van der Waals surface area (Å²) in [5.41, 5.74) is 5.64. The zero-order chi connectivity index (χ0) is 15.0. The molecule has 0 amide bonds. The van der Waals surface area contributed by atoms with Gasteiger partial charge in [-0.05, 0) is 31.1 Å². The molecule has 1 aliphatic rings. The van der Waals surface area contributed by atoms with E-state index in [4.69, 9.17) is 10.5 Å². The van der Waals surface area contributed by atoms with E-state index in [0.29, 0.717) is 0 Å².